The van der Waals surface area contributed by atoms with Crippen LogP contribution in [0.5, 0.6) is 0 Å². The average molecular weight is 542 g/mol. The number of methoxy groups -OCH3 is 1. The highest BCUT2D eigenvalue weighted by atomic mass is 16.5. The minimum absolute atomic E-state index is 0.0111. The number of fused-ring (bicyclic) bond motifs is 1. The summed E-state index contributed by atoms with van der Waals surface area (Å²) in [6.45, 7) is 3.20. The Bertz CT molecular complexity index is 1140. The first-order valence-electron chi connectivity index (χ1n) is 13.8. The molecule has 39 heavy (non-hydrogen) atoms. The molecule has 0 saturated carbocycles. The normalized spacial score (nSPS) is 23.7. The number of nitrogens with zero attached hydrogens (tertiary/aromatic N) is 3. The second kappa shape index (κ2) is 12.3. The molecule has 0 unspecified atom stereocenters. The Morgan fingerprint density at radius 3 is 2.69 bits per heavy atom. The van der Waals surface area contributed by atoms with Gasteiger partial charge in [-0.1, -0.05) is 19.1 Å². The third kappa shape index (κ3) is 5.72. The molecule has 10 heteroatoms. The second-order valence-corrected chi connectivity index (χ2v) is 10.6. The lowest BCUT2D eigenvalue weighted by Crippen LogP contribution is -2.44. The molecule has 1 aromatic rings. The molecule has 3 aliphatic heterocycles. The number of unbranched alkanes of at least 4 members (excludes halogenated alkanes) is 1. The Hall–Kier alpha value is -3.24. The second-order valence-electron chi connectivity index (χ2n) is 10.6. The van der Waals surface area contributed by atoms with Crippen molar-refractivity contribution in [2.45, 2.75) is 69.9 Å². The number of hydrogen-bond acceptors (Lipinski definition) is 7. The van der Waals surface area contributed by atoms with Crippen molar-refractivity contribution in [2.75, 3.05) is 43.2 Å². The van der Waals surface area contributed by atoms with Gasteiger partial charge < -0.3 is 29.6 Å². The molecule has 0 bridgehead atoms. The molecule has 2 N–H and O–H groups in total. The predicted molar refractivity (Wildman–Crippen MR) is 145 cm³/mol. The van der Waals surface area contributed by atoms with Gasteiger partial charge in [-0.2, -0.15) is 0 Å². The molecule has 1 aromatic carbocycles. The predicted octanol–water partition coefficient (Wildman–Crippen LogP) is 2.26. The fourth-order valence-corrected chi connectivity index (χ4v) is 5.87. The van der Waals surface area contributed by atoms with Crippen LogP contribution in [-0.2, 0) is 29.5 Å². The number of carbonyl (C=O) groups excluding carboxylic acids is 4. The van der Waals surface area contributed by atoms with E-state index < -0.39 is 17.4 Å². The van der Waals surface area contributed by atoms with Gasteiger partial charge in [0.2, 0.25) is 11.8 Å². The van der Waals surface area contributed by atoms with Crippen LogP contribution in [0.3, 0.4) is 0 Å². The van der Waals surface area contributed by atoms with Gasteiger partial charge in [0.25, 0.3) is 5.91 Å². The average Bonchev–Trinajstić information content (AvgIpc) is 3.64. The first-order valence-corrected chi connectivity index (χ1v) is 13.8. The fraction of sp³-hybridized carbons (Fsp3) is 0.586. The van der Waals surface area contributed by atoms with Crippen LogP contribution in [0.4, 0.5) is 11.4 Å². The summed E-state index contributed by atoms with van der Waals surface area (Å²) in [5.74, 6) is -1.52. The van der Waals surface area contributed by atoms with Crippen LogP contribution in [0.25, 0.3) is 0 Å². The summed E-state index contributed by atoms with van der Waals surface area (Å²) in [6.07, 6.45) is 7.67. The zero-order valence-corrected chi connectivity index (χ0v) is 22.8. The maximum absolute atomic E-state index is 13.8. The van der Waals surface area contributed by atoms with Crippen molar-refractivity contribution in [2.24, 2.45) is 5.92 Å². The standard InChI is InChI=1S/C29H39N3O7/c1-20(8-5-10-25(34)31-16-6-9-22(31)19-33)29(38)23-18-21(30-17-7-11-26(30)35)13-14-24(23)32(28(29)37)15-4-3-12-27(36)39-2/h5,8,13-14,18,20,22,33,38H,3-4,6-7,9-12,15-17,19H2,1-2H3/b8-5+/t20-,22-,29+/m0/s1. The smallest absolute Gasteiger partial charge is 0.305 e. The maximum Gasteiger partial charge on any atom is 0.305 e. The van der Waals surface area contributed by atoms with E-state index in [1.807, 2.05) is 0 Å². The number of benzene rings is 1. The summed E-state index contributed by atoms with van der Waals surface area (Å²) in [6, 6.07) is 5.15. The van der Waals surface area contributed by atoms with Crippen molar-refractivity contribution >= 4 is 35.1 Å². The van der Waals surface area contributed by atoms with Crippen LogP contribution >= 0.6 is 0 Å². The summed E-state index contributed by atoms with van der Waals surface area (Å²) in [4.78, 5) is 55.3. The molecule has 3 amide bonds. The summed E-state index contributed by atoms with van der Waals surface area (Å²) in [5, 5.41) is 21.5. The molecule has 3 aliphatic rings. The molecule has 0 radical (unpaired) electrons. The highest BCUT2D eigenvalue weighted by molar-refractivity contribution is 6.08. The van der Waals surface area contributed by atoms with Gasteiger partial charge in [0.1, 0.15) is 0 Å². The van der Waals surface area contributed by atoms with Crippen LogP contribution < -0.4 is 9.80 Å². The van der Waals surface area contributed by atoms with Crippen molar-refractivity contribution in [3.63, 3.8) is 0 Å². The number of likely N-dealkylation sites (tertiary alicyclic amines) is 1. The van der Waals surface area contributed by atoms with Gasteiger partial charge in [-0.3, -0.25) is 19.2 Å². The van der Waals surface area contributed by atoms with Crippen LogP contribution in [-0.4, -0.2) is 78.2 Å². The highest BCUT2D eigenvalue weighted by Gasteiger charge is 2.52. The molecule has 0 spiro atoms. The number of esters is 1. The van der Waals surface area contributed by atoms with Gasteiger partial charge in [-0.05, 0) is 50.3 Å². The Morgan fingerprint density at radius 1 is 1.21 bits per heavy atom. The van der Waals surface area contributed by atoms with Crippen LogP contribution in [0.15, 0.2) is 30.4 Å². The van der Waals surface area contributed by atoms with Crippen LogP contribution in [0, 0.1) is 5.92 Å². The minimum atomic E-state index is -1.88. The fourth-order valence-electron chi connectivity index (χ4n) is 5.87. The van der Waals surface area contributed by atoms with E-state index in [9.17, 15) is 29.4 Å². The van der Waals surface area contributed by atoms with Gasteiger partial charge in [0.05, 0.1) is 25.4 Å². The first kappa shape index (κ1) is 28.8. The zero-order chi connectivity index (χ0) is 28.2. The van der Waals surface area contributed by atoms with E-state index in [1.165, 1.54) is 7.11 Å². The Balaban J connectivity index is 1.56. The molecule has 4 rings (SSSR count). The molecule has 3 heterocycles. The minimum Gasteiger partial charge on any atom is -0.469 e. The molecule has 212 valence electrons. The molecule has 0 aromatic heterocycles. The topological polar surface area (TPSA) is 128 Å². The molecule has 3 atom stereocenters. The molecular weight excluding hydrogens is 502 g/mol. The highest BCUT2D eigenvalue weighted by Crippen LogP contribution is 2.47. The number of amides is 3. The molecular formula is C29H39N3O7. The van der Waals surface area contributed by atoms with E-state index >= 15 is 0 Å². The largest absolute Gasteiger partial charge is 0.469 e. The Kier molecular flexibility index (Phi) is 9.07. The lowest BCUT2D eigenvalue weighted by atomic mass is 9.82. The molecule has 0 aliphatic carbocycles. The van der Waals surface area contributed by atoms with E-state index in [0.29, 0.717) is 55.8 Å². The molecule has 2 fully saturated rings. The third-order valence-corrected chi connectivity index (χ3v) is 8.16. The number of ether oxygens (including phenoxy) is 1. The number of rotatable bonds is 11. The van der Waals surface area contributed by atoms with Crippen LogP contribution in [0.1, 0.15) is 63.9 Å². The van der Waals surface area contributed by atoms with Crippen molar-refractivity contribution < 1.29 is 34.1 Å². The number of anilines is 2. The quantitative estimate of drug-likeness (QED) is 0.250. The number of carbonyl (C=O) groups is 4. The number of hydrogen-bond donors (Lipinski definition) is 2. The van der Waals surface area contributed by atoms with Gasteiger partial charge in [-0.15, -0.1) is 0 Å². The summed E-state index contributed by atoms with van der Waals surface area (Å²) in [5.41, 5.74) is -0.223. The van der Waals surface area contributed by atoms with E-state index in [-0.39, 0.29) is 43.3 Å². The van der Waals surface area contributed by atoms with Crippen LogP contribution in [0.2, 0.25) is 0 Å². The lowest BCUT2D eigenvalue weighted by Gasteiger charge is -2.28. The summed E-state index contributed by atoms with van der Waals surface area (Å²) < 4.78 is 4.70. The van der Waals surface area contributed by atoms with Crippen molar-refractivity contribution in [1.82, 2.24) is 4.90 Å². The number of aliphatic hydroxyl groups is 2. The maximum atomic E-state index is 13.8. The Morgan fingerprint density at radius 2 is 2.00 bits per heavy atom. The lowest BCUT2D eigenvalue weighted by molar-refractivity contribution is -0.140. The van der Waals surface area contributed by atoms with Gasteiger partial charge in [-0.25, -0.2) is 0 Å². The zero-order valence-electron chi connectivity index (χ0n) is 22.8. The Labute approximate surface area is 229 Å². The first-order chi connectivity index (χ1) is 18.7. The molecule has 2 saturated heterocycles. The monoisotopic (exact) mass is 541 g/mol. The van der Waals surface area contributed by atoms with Gasteiger partial charge >= 0.3 is 5.97 Å². The SMILES string of the molecule is COC(=O)CCCCN1C(=O)[C@@](O)([C@@H](C)/C=C/CC(=O)N2CCC[C@H]2CO)c2cc(N3CCCC3=O)ccc21. The summed E-state index contributed by atoms with van der Waals surface area (Å²) in [7, 11) is 1.34. The van der Waals surface area contributed by atoms with E-state index in [0.717, 1.165) is 19.3 Å². The number of aliphatic hydroxyl groups excluding tert-OH is 1. The van der Waals surface area contributed by atoms with Crippen molar-refractivity contribution in [1.29, 1.82) is 0 Å². The van der Waals surface area contributed by atoms with Crippen molar-refractivity contribution in [3.8, 4) is 0 Å². The van der Waals surface area contributed by atoms with E-state index in [2.05, 4.69) is 0 Å². The van der Waals surface area contributed by atoms with E-state index in [4.69, 9.17) is 4.74 Å². The van der Waals surface area contributed by atoms with Gasteiger partial charge in [0.15, 0.2) is 5.60 Å². The van der Waals surface area contributed by atoms with Gasteiger partial charge in [0, 0.05) is 56.1 Å². The van der Waals surface area contributed by atoms with Crippen molar-refractivity contribution in [3.05, 3.63) is 35.9 Å². The third-order valence-electron chi connectivity index (χ3n) is 8.16. The van der Waals surface area contributed by atoms with E-state index in [1.54, 1.807) is 52.0 Å². The molecule has 10 nitrogen and oxygen atoms in total. The summed E-state index contributed by atoms with van der Waals surface area (Å²) >= 11 is 0.